The summed E-state index contributed by atoms with van der Waals surface area (Å²) in [7, 11) is -3.71. The molecule has 1 aromatic carbocycles. The molecule has 1 rings (SSSR count). The highest BCUT2D eigenvalue weighted by Crippen LogP contribution is 2.20. The lowest BCUT2D eigenvalue weighted by Gasteiger charge is -2.13. The molecule has 3 N–H and O–H groups in total. The summed E-state index contributed by atoms with van der Waals surface area (Å²) in [4.78, 5) is -0.0405. The van der Waals surface area contributed by atoms with Crippen LogP contribution in [0.5, 0.6) is 0 Å². The SMILES string of the molecule is CSC(C)CNS(=O)(=O)c1cc(CN)cc(F)c1C. The molecule has 0 heterocycles. The standard InChI is InChI=1S/C12H19FN2O2S2/c1-8(18-3)7-15-19(16,17)12-5-10(6-14)4-11(13)9(12)2/h4-5,8,15H,6-7,14H2,1-3H3. The van der Waals surface area contributed by atoms with Crippen molar-refractivity contribution in [2.45, 2.75) is 30.5 Å². The van der Waals surface area contributed by atoms with Gasteiger partial charge in [-0.2, -0.15) is 11.8 Å². The Morgan fingerprint density at radius 3 is 2.63 bits per heavy atom. The number of sulfonamides is 1. The Labute approximate surface area is 118 Å². The first-order chi connectivity index (χ1) is 8.81. The minimum atomic E-state index is -3.71. The summed E-state index contributed by atoms with van der Waals surface area (Å²) in [6.45, 7) is 3.76. The van der Waals surface area contributed by atoms with Gasteiger partial charge in [-0.3, -0.25) is 0 Å². The van der Waals surface area contributed by atoms with E-state index >= 15 is 0 Å². The summed E-state index contributed by atoms with van der Waals surface area (Å²) in [6, 6.07) is 2.68. The average Bonchev–Trinajstić information content (AvgIpc) is 2.38. The number of hydrogen-bond acceptors (Lipinski definition) is 4. The highest BCUT2D eigenvalue weighted by molar-refractivity contribution is 7.99. The smallest absolute Gasteiger partial charge is 0.240 e. The Kier molecular flexibility index (Phi) is 5.79. The van der Waals surface area contributed by atoms with Crippen LogP contribution in [0.2, 0.25) is 0 Å². The molecule has 0 bridgehead atoms. The van der Waals surface area contributed by atoms with Crippen molar-refractivity contribution >= 4 is 21.8 Å². The van der Waals surface area contributed by atoms with E-state index in [1.165, 1.54) is 19.1 Å². The van der Waals surface area contributed by atoms with E-state index in [1.54, 1.807) is 11.8 Å². The number of thioether (sulfide) groups is 1. The molecular formula is C12H19FN2O2S2. The molecule has 0 spiro atoms. The first-order valence-corrected chi connectivity index (χ1v) is 8.60. The fourth-order valence-electron chi connectivity index (χ4n) is 1.49. The van der Waals surface area contributed by atoms with Crippen LogP contribution in [0.15, 0.2) is 17.0 Å². The van der Waals surface area contributed by atoms with Gasteiger partial charge in [-0.05, 0) is 30.9 Å². The predicted molar refractivity (Wildman–Crippen MR) is 77.2 cm³/mol. The van der Waals surface area contributed by atoms with E-state index in [2.05, 4.69) is 4.72 Å². The summed E-state index contributed by atoms with van der Waals surface area (Å²) in [6.07, 6.45) is 1.90. The van der Waals surface area contributed by atoms with Gasteiger partial charge in [0.2, 0.25) is 10.0 Å². The van der Waals surface area contributed by atoms with E-state index in [0.29, 0.717) is 12.1 Å². The number of rotatable bonds is 6. The third-order valence-electron chi connectivity index (χ3n) is 2.84. The molecule has 0 aromatic heterocycles. The van der Waals surface area contributed by atoms with Gasteiger partial charge in [0.25, 0.3) is 0 Å². The maximum Gasteiger partial charge on any atom is 0.240 e. The lowest BCUT2D eigenvalue weighted by molar-refractivity contribution is 0.573. The quantitative estimate of drug-likeness (QED) is 0.838. The lowest BCUT2D eigenvalue weighted by Crippen LogP contribution is -2.30. The average molecular weight is 306 g/mol. The Morgan fingerprint density at radius 1 is 1.47 bits per heavy atom. The van der Waals surface area contributed by atoms with E-state index in [4.69, 9.17) is 5.73 Å². The van der Waals surface area contributed by atoms with E-state index < -0.39 is 15.8 Å². The van der Waals surface area contributed by atoms with Crippen molar-refractivity contribution in [1.29, 1.82) is 0 Å². The summed E-state index contributed by atoms with van der Waals surface area (Å²) >= 11 is 1.55. The van der Waals surface area contributed by atoms with Crippen molar-refractivity contribution in [2.24, 2.45) is 5.73 Å². The van der Waals surface area contributed by atoms with E-state index in [0.717, 1.165) is 0 Å². The summed E-state index contributed by atoms with van der Waals surface area (Å²) in [5, 5.41) is 0.151. The zero-order valence-corrected chi connectivity index (χ0v) is 12.9. The molecular weight excluding hydrogens is 287 g/mol. The minimum Gasteiger partial charge on any atom is -0.326 e. The van der Waals surface area contributed by atoms with Gasteiger partial charge >= 0.3 is 0 Å². The third kappa shape index (κ3) is 4.17. The molecule has 0 aliphatic heterocycles. The van der Waals surface area contributed by atoms with E-state index in [1.807, 2.05) is 13.2 Å². The Balaban J connectivity index is 3.10. The van der Waals surface area contributed by atoms with E-state index in [-0.39, 0.29) is 22.3 Å². The van der Waals surface area contributed by atoms with Crippen molar-refractivity contribution in [3.8, 4) is 0 Å². The maximum atomic E-state index is 13.7. The molecule has 0 aliphatic rings. The molecule has 0 saturated carbocycles. The van der Waals surface area contributed by atoms with Crippen LogP contribution in [0.25, 0.3) is 0 Å². The molecule has 1 unspecified atom stereocenters. The summed E-state index contributed by atoms with van der Waals surface area (Å²) < 4.78 is 40.5. The Bertz CT molecular complexity index is 547. The van der Waals surface area contributed by atoms with Gasteiger partial charge in [0.15, 0.2) is 0 Å². The second kappa shape index (κ2) is 6.69. The highest BCUT2D eigenvalue weighted by atomic mass is 32.2. The largest absolute Gasteiger partial charge is 0.326 e. The zero-order chi connectivity index (χ0) is 14.6. The van der Waals surface area contributed by atoms with Gasteiger partial charge in [0.05, 0.1) is 4.90 Å². The molecule has 1 atom stereocenters. The van der Waals surface area contributed by atoms with Gasteiger partial charge < -0.3 is 5.73 Å². The van der Waals surface area contributed by atoms with Crippen LogP contribution >= 0.6 is 11.8 Å². The first kappa shape index (κ1) is 16.4. The highest BCUT2D eigenvalue weighted by Gasteiger charge is 2.20. The van der Waals surface area contributed by atoms with Gasteiger partial charge in [-0.25, -0.2) is 17.5 Å². The van der Waals surface area contributed by atoms with E-state index in [9.17, 15) is 12.8 Å². The molecule has 0 saturated heterocycles. The number of nitrogens with two attached hydrogens (primary N) is 1. The zero-order valence-electron chi connectivity index (χ0n) is 11.2. The molecule has 0 radical (unpaired) electrons. The normalized spacial score (nSPS) is 13.5. The molecule has 7 heteroatoms. The number of nitrogens with one attached hydrogen (secondary N) is 1. The second-order valence-electron chi connectivity index (χ2n) is 4.30. The molecule has 0 amide bonds. The number of halogens is 1. The fraction of sp³-hybridized carbons (Fsp3) is 0.500. The molecule has 0 fully saturated rings. The maximum absolute atomic E-state index is 13.7. The predicted octanol–water partition coefficient (Wildman–Crippen LogP) is 1.62. The second-order valence-corrected chi connectivity index (χ2v) is 7.31. The number of benzene rings is 1. The monoisotopic (exact) mass is 306 g/mol. The first-order valence-electron chi connectivity index (χ1n) is 5.83. The van der Waals surface area contributed by atoms with Gasteiger partial charge in [0.1, 0.15) is 5.82 Å². The minimum absolute atomic E-state index is 0.0405. The van der Waals surface area contributed by atoms with Crippen LogP contribution in [0.3, 0.4) is 0 Å². The Hall–Kier alpha value is -0.630. The molecule has 0 aliphatic carbocycles. The van der Waals surface area contributed by atoms with Crippen molar-refractivity contribution in [1.82, 2.24) is 4.72 Å². The van der Waals surface area contributed by atoms with Crippen molar-refractivity contribution < 1.29 is 12.8 Å². The fourth-order valence-corrected chi connectivity index (χ4v) is 3.28. The Morgan fingerprint density at radius 2 is 2.11 bits per heavy atom. The molecule has 108 valence electrons. The van der Waals surface area contributed by atoms with Crippen LogP contribution in [0, 0.1) is 12.7 Å². The van der Waals surface area contributed by atoms with Crippen LogP contribution in [-0.4, -0.2) is 26.5 Å². The van der Waals surface area contributed by atoms with Crippen molar-refractivity contribution in [3.05, 3.63) is 29.1 Å². The third-order valence-corrected chi connectivity index (χ3v) is 5.37. The molecule has 4 nitrogen and oxygen atoms in total. The van der Waals surface area contributed by atoms with Gasteiger partial charge in [0, 0.05) is 23.9 Å². The van der Waals surface area contributed by atoms with Crippen molar-refractivity contribution in [2.75, 3.05) is 12.8 Å². The van der Waals surface area contributed by atoms with Crippen LogP contribution in [0.1, 0.15) is 18.1 Å². The summed E-state index contributed by atoms with van der Waals surface area (Å²) in [5.41, 5.74) is 6.01. The summed E-state index contributed by atoms with van der Waals surface area (Å²) in [5.74, 6) is -0.554. The van der Waals surface area contributed by atoms with Gasteiger partial charge in [-0.1, -0.05) is 6.92 Å². The lowest BCUT2D eigenvalue weighted by atomic mass is 10.1. The number of hydrogen-bond donors (Lipinski definition) is 2. The van der Waals surface area contributed by atoms with Crippen molar-refractivity contribution in [3.63, 3.8) is 0 Å². The van der Waals surface area contributed by atoms with Gasteiger partial charge in [-0.15, -0.1) is 0 Å². The molecule has 1 aromatic rings. The van der Waals surface area contributed by atoms with Crippen LogP contribution in [-0.2, 0) is 16.6 Å². The molecule has 19 heavy (non-hydrogen) atoms. The topological polar surface area (TPSA) is 72.2 Å². The van der Waals surface area contributed by atoms with Crippen LogP contribution in [0.4, 0.5) is 4.39 Å². The van der Waals surface area contributed by atoms with Crippen LogP contribution < -0.4 is 10.5 Å².